The zero-order valence-corrected chi connectivity index (χ0v) is 24.1. The topological polar surface area (TPSA) is 89.8 Å². The van der Waals surface area contributed by atoms with E-state index in [1.807, 2.05) is 0 Å². The highest BCUT2D eigenvalue weighted by molar-refractivity contribution is 5.96. The summed E-state index contributed by atoms with van der Waals surface area (Å²) in [5.41, 5.74) is 4.83. The molecular formula is C32H41N7O2. The standard InChI is InChI=1S/C32H41N7O2/c1-24-6-2-7-25-8-3-10-29(30(24)25)38-15-4-9-27-28(23-38)35-32(41-19-5-14-37-17-20-40-21-18-37)36-31(27)39-16-13-34-26(22-39)11-12-33/h2-3,6-8,10,26,34H,4-5,9,11,13-23H2,1H3. The molecule has 0 spiro atoms. The summed E-state index contributed by atoms with van der Waals surface area (Å²) < 4.78 is 11.7. The molecule has 0 radical (unpaired) electrons. The minimum absolute atomic E-state index is 0.137. The Labute approximate surface area is 243 Å². The van der Waals surface area contributed by atoms with Gasteiger partial charge in [0, 0.05) is 68.5 Å². The molecule has 1 N–H and O–H groups in total. The molecule has 3 aliphatic rings. The molecule has 41 heavy (non-hydrogen) atoms. The van der Waals surface area contributed by atoms with Gasteiger partial charge in [-0.05, 0) is 43.2 Å². The normalized spacial score (nSPS) is 20.0. The number of morpholine rings is 1. The van der Waals surface area contributed by atoms with Gasteiger partial charge < -0.3 is 24.6 Å². The van der Waals surface area contributed by atoms with Gasteiger partial charge >= 0.3 is 6.01 Å². The highest BCUT2D eigenvalue weighted by atomic mass is 16.5. The summed E-state index contributed by atoms with van der Waals surface area (Å²) in [6.07, 6.45) is 3.37. The van der Waals surface area contributed by atoms with E-state index in [2.05, 4.69) is 69.4 Å². The maximum atomic E-state index is 9.33. The third kappa shape index (κ3) is 6.40. The number of nitriles is 1. The number of aromatic nitrogens is 2. The van der Waals surface area contributed by atoms with Crippen LogP contribution in [-0.2, 0) is 17.7 Å². The minimum atomic E-state index is 0.137. The van der Waals surface area contributed by atoms with Gasteiger partial charge in [0.05, 0.1) is 44.5 Å². The molecule has 3 aliphatic heterocycles. The molecule has 0 amide bonds. The van der Waals surface area contributed by atoms with Crippen molar-refractivity contribution in [3.05, 3.63) is 53.2 Å². The van der Waals surface area contributed by atoms with Gasteiger partial charge in [-0.25, -0.2) is 0 Å². The lowest BCUT2D eigenvalue weighted by atomic mass is 10.0. The van der Waals surface area contributed by atoms with Crippen LogP contribution in [0.3, 0.4) is 0 Å². The zero-order chi connectivity index (χ0) is 28.0. The number of aryl methyl sites for hydroxylation is 1. The van der Waals surface area contributed by atoms with E-state index < -0.39 is 0 Å². The number of hydrogen-bond acceptors (Lipinski definition) is 9. The Morgan fingerprint density at radius 1 is 1.07 bits per heavy atom. The molecule has 1 unspecified atom stereocenters. The number of nitrogens with one attached hydrogen (secondary N) is 1. The summed E-state index contributed by atoms with van der Waals surface area (Å²) >= 11 is 0. The summed E-state index contributed by atoms with van der Waals surface area (Å²) in [7, 11) is 0. The average molecular weight is 556 g/mol. The van der Waals surface area contributed by atoms with Crippen LogP contribution < -0.4 is 19.9 Å². The second-order valence-electron chi connectivity index (χ2n) is 11.3. The molecule has 3 aromatic rings. The molecule has 1 atom stereocenters. The van der Waals surface area contributed by atoms with E-state index in [0.29, 0.717) is 19.0 Å². The predicted octanol–water partition coefficient (Wildman–Crippen LogP) is 3.68. The van der Waals surface area contributed by atoms with Crippen molar-refractivity contribution in [2.24, 2.45) is 0 Å². The molecule has 4 heterocycles. The van der Waals surface area contributed by atoms with Crippen LogP contribution >= 0.6 is 0 Å². The SMILES string of the molecule is Cc1cccc2cccc(N3CCCc4c(nc(OCCCN5CCOCC5)nc4N4CCNC(CC#N)C4)C3)c12. The van der Waals surface area contributed by atoms with Crippen LogP contribution in [0.4, 0.5) is 11.5 Å². The van der Waals surface area contributed by atoms with Crippen LogP contribution in [-0.4, -0.2) is 86.5 Å². The molecule has 1 aromatic heterocycles. The molecule has 2 saturated heterocycles. The molecule has 2 aromatic carbocycles. The van der Waals surface area contributed by atoms with Crippen LogP contribution in [0.2, 0.25) is 0 Å². The van der Waals surface area contributed by atoms with Crippen molar-refractivity contribution in [3.8, 4) is 12.1 Å². The quantitative estimate of drug-likeness (QED) is 0.418. The Morgan fingerprint density at radius 3 is 2.78 bits per heavy atom. The van der Waals surface area contributed by atoms with Gasteiger partial charge in [0.25, 0.3) is 0 Å². The Kier molecular flexibility index (Phi) is 8.80. The number of piperazine rings is 1. The van der Waals surface area contributed by atoms with E-state index in [0.717, 1.165) is 96.3 Å². The van der Waals surface area contributed by atoms with E-state index >= 15 is 0 Å². The number of benzene rings is 2. The van der Waals surface area contributed by atoms with Crippen molar-refractivity contribution in [2.45, 2.75) is 45.2 Å². The Morgan fingerprint density at radius 2 is 1.93 bits per heavy atom. The summed E-state index contributed by atoms with van der Waals surface area (Å²) in [5, 5.41) is 15.4. The fourth-order valence-electron chi connectivity index (χ4n) is 6.43. The molecular weight excluding hydrogens is 514 g/mol. The van der Waals surface area contributed by atoms with Gasteiger partial charge in [-0.3, -0.25) is 4.90 Å². The van der Waals surface area contributed by atoms with Crippen molar-refractivity contribution in [2.75, 3.05) is 75.4 Å². The largest absolute Gasteiger partial charge is 0.463 e. The van der Waals surface area contributed by atoms with Gasteiger partial charge in [-0.2, -0.15) is 15.2 Å². The predicted molar refractivity (Wildman–Crippen MR) is 162 cm³/mol. The first-order chi connectivity index (χ1) is 20.2. The first-order valence-electron chi connectivity index (χ1n) is 15.1. The van der Waals surface area contributed by atoms with Crippen molar-refractivity contribution >= 4 is 22.3 Å². The van der Waals surface area contributed by atoms with Crippen LogP contribution in [0, 0.1) is 18.3 Å². The first-order valence-corrected chi connectivity index (χ1v) is 15.1. The molecule has 0 bridgehead atoms. The van der Waals surface area contributed by atoms with E-state index in [9.17, 15) is 5.26 Å². The van der Waals surface area contributed by atoms with Crippen molar-refractivity contribution in [1.29, 1.82) is 5.26 Å². The van der Waals surface area contributed by atoms with Gasteiger partial charge in [-0.1, -0.05) is 30.3 Å². The average Bonchev–Trinajstić information content (AvgIpc) is 3.22. The maximum Gasteiger partial charge on any atom is 0.318 e. The van der Waals surface area contributed by atoms with Crippen molar-refractivity contribution < 1.29 is 9.47 Å². The number of hydrogen-bond donors (Lipinski definition) is 1. The Hall–Kier alpha value is -3.45. The molecule has 6 rings (SSSR count). The van der Waals surface area contributed by atoms with Gasteiger partial charge in [-0.15, -0.1) is 0 Å². The number of nitrogens with zero attached hydrogens (tertiary/aromatic N) is 6. The molecule has 216 valence electrons. The zero-order valence-electron chi connectivity index (χ0n) is 24.1. The van der Waals surface area contributed by atoms with Crippen LogP contribution in [0.5, 0.6) is 6.01 Å². The lowest BCUT2D eigenvalue weighted by Crippen LogP contribution is -2.51. The lowest BCUT2D eigenvalue weighted by Gasteiger charge is -2.35. The summed E-state index contributed by atoms with van der Waals surface area (Å²) in [6, 6.07) is 16.1. The summed E-state index contributed by atoms with van der Waals surface area (Å²) in [5.74, 6) is 0.985. The molecule has 9 heteroatoms. The summed E-state index contributed by atoms with van der Waals surface area (Å²) in [4.78, 5) is 17.3. The molecule has 0 aliphatic carbocycles. The van der Waals surface area contributed by atoms with E-state index in [-0.39, 0.29) is 6.04 Å². The number of fused-ring (bicyclic) bond motifs is 2. The number of anilines is 2. The minimum Gasteiger partial charge on any atom is -0.463 e. The van der Waals surface area contributed by atoms with E-state index in [1.165, 1.54) is 27.6 Å². The van der Waals surface area contributed by atoms with Crippen molar-refractivity contribution in [3.63, 3.8) is 0 Å². The maximum absolute atomic E-state index is 9.33. The summed E-state index contributed by atoms with van der Waals surface area (Å²) in [6.45, 7) is 11.5. The lowest BCUT2D eigenvalue weighted by molar-refractivity contribution is 0.0356. The van der Waals surface area contributed by atoms with Crippen LogP contribution in [0.1, 0.15) is 36.1 Å². The molecule has 0 saturated carbocycles. The fourth-order valence-corrected chi connectivity index (χ4v) is 6.43. The smallest absolute Gasteiger partial charge is 0.318 e. The second kappa shape index (κ2) is 13.0. The third-order valence-electron chi connectivity index (χ3n) is 8.52. The van der Waals surface area contributed by atoms with E-state index in [4.69, 9.17) is 19.4 Å². The molecule has 9 nitrogen and oxygen atoms in total. The van der Waals surface area contributed by atoms with Crippen molar-refractivity contribution in [1.82, 2.24) is 20.2 Å². The highest BCUT2D eigenvalue weighted by Gasteiger charge is 2.28. The van der Waals surface area contributed by atoms with Crippen LogP contribution in [0.25, 0.3) is 10.8 Å². The number of ether oxygens (including phenoxy) is 2. The van der Waals surface area contributed by atoms with Crippen LogP contribution in [0.15, 0.2) is 36.4 Å². The third-order valence-corrected chi connectivity index (χ3v) is 8.52. The first kappa shape index (κ1) is 27.7. The Bertz CT molecular complexity index is 1380. The van der Waals surface area contributed by atoms with Gasteiger partial charge in [0.15, 0.2) is 0 Å². The number of rotatable bonds is 8. The van der Waals surface area contributed by atoms with Gasteiger partial charge in [0.1, 0.15) is 5.82 Å². The van der Waals surface area contributed by atoms with E-state index in [1.54, 1.807) is 0 Å². The second-order valence-corrected chi connectivity index (χ2v) is 11.3. The molecule has 2 fully saturated rings. The fraction of sp³-hybridized carbons (Fsp3) is 0.531. The monoisotopic (exact) mass is 555 g/mol. The highest BCUT2D eigenvalue weighted by Crippen LogP contribution is 2.35. The van der Waals surface area contributed by atoms with Gasteiger partial charge in [0.2, 0.25) is 0 Å². The Balaban J connectivity index is 1.28.